The number of nitrogens with one attached hydrogen (secondary N) is 1. The molecule has 1 heterocycles. The van der Waals surface area contributed by atoms with Crippen LogP contribution in [0.25, 0.3) is 11.4 Å². The van der Waals surface area contributed by atoms with E-state index in [4.69, 9.17) is 16.3 Å². The fourth-order valence-corrected chi connectivity index (χ4v) is 2.60. The molecule has 4 nitrogen and oxygen atoms in total. The number of benzene rings is 1. The monoisotopic (exact) mass is 305 g/mol. The lowest BCUT2D eigenvalue weighted by Crippen LogP contribution is -2.07. The second-order valence-corrected chi connectivity index (χ2v) is 5.58. The van der Waals surface area contributed by atoms with E-state index in [-0.39, 0.29) is 0 Å². The van der Waals surface area contributed by atoms with Crippen molar-refractivity contribution in [1.82, 2.24) is 9.97 Å². The lowest BCUT2D eigenvalue weighted by molar-refractivity contribution is 0.416. The molecule has 112 valence electrons. The number of anilines is 1. The number of methoxy groups -OCH3 is 1. The first-order chi connectivity index (χ1) is 9.97. The zero-order valence-electron chi connectivity index (χ0n) is 13.0. The van der Waals surface area contributed by atoms with Gasteiger partial charge in [0.1, 0.15) is 11.6 Å². The van der Waals surface area contributed by atoms with Crippen LogP contribution in [-0.2, 0) is 0 Å². The number of nitrogens with zero attached hydrogens (tertiary/aromatic N) is 2. The molecule has 0 spiro atoms. The summed E-state index contributed by atoms with van der Waals surface area (Å²) in [5.74, 6) is 2.51. The van der Waals surface area contributed by atoms with Gasteiger partial charge in [0.15, 0.2) is 5.82 Å². The molecule has 1 N–H and O–H groups in total. The van der Waals surface area contributed by atoms with Crippen LogP contribution in [0, 0.1) is 6.92 Å². The molecular formula is C16H20ClN3O. The molecule has 0 bridgehead atoms. The van der Waals surface area contributed by atoms with Crippen LogP contribution < -0.4 is 10.1 Å². The summed E-state index contributed by atoms with van der Waals surface area (Å²) in [6.45, 7) is 6.27. The van der Waals surface area contributed by atoms with E-state index in [1.807, 2.05) is 26.1 Å². The summed E-state index contributed by atoms with van der Waals surface area (Å²) in [5.41, 5.74) is 2.93. The van der Waals surface area contributed by atoms with E-state index in [1.54, 1.807) is 13.2 Å². The van der Waals surface area contributed by atoms with E-state index in [1.165, 1.54) is 0 Å². The quantitative estimate of drug-likeness (QED) is 0.916. The zero-order valence-corrected chi connectivity index (χ0v) is 13.7. The van der Waals surface area contributed by atoms with E-state index in [9.17, 15) is 0 Å². The van der Waals surface area contributed by atoms with Crippen LogP contribution in [0.2, 0.25) is 5.02 Å². The summed E-state index contributed by atoms with van der Waals surface area (Å²) in [4.78, 5) is 9.27. The number of hydrogen-bond donors (Lipinski definition) is 1. The maximum absolute atomic E-state index is 6.01. The predicted octanol–water partition coefficient (Wildman–Crippen LogP) is 4.28. The molecule has 1 aromatic carbocycles. The minimum atomic E-state index is 0.355. The van der Waals surface area contributed by atoms with Crippen LogP contribution >= 0.6 is 11.6 Å². The molecule has 0 saturated carbocycles. The first kappa shape index (κ1) is 15.6. The van der Waals surface area contributed by atoms with E-state index >= 15 is 0 Å². The van der Waals surface area contributed by atoms with Crippen molar-refractivity contribution >= 4 is 17.4 Å². The molecule has 0 aliphatic heterocycles. The van der Waals surface area contributed by atoms with Gasteiger partial charge in [-0.2, -0.15) is 0 Å². The Morgan fingerprint density at radius 1 is 1.24 bits per heavy atom. The largest absolute Gasteiger partial charge is 0.496 e. The van der Waals surface area contributed by atoms with Crippen molar-refractivity contribution < 1.29 is 4.74 Å². The SMILES string of the molecule is CNc1nc(-c2ccc(Cl)cc2OC)nc(C)c1C(C)C. The summed E-state index contributed by atoms with van der Waals surface area (Å²) >= 11 is 6.01. The summed E-state index contributed by atoms with van der Waals surface area (Å²) in [6, 6.07) is 5.46. The van der Waals surface area contributed by atoms with E-state index in [0.717, 1.165) is 22.6 Å². The van der Waals surface area contributed by atoms with Crippen molar-refractivity contribution in [2.24, 2.45) is 0 Å². The minimum absolute atomic E-state index is 0.355. The molecule has 2 aromatic rings. The molecule has 1 aromatic heterocycles. The summed E-state index contributed by atoms with van der Waals surface area (Å²) in [6.07, 6.45) is 0. The highest BCUT2D eigenvalue weighted by Gasteiger charge is 2.17. The molecule has 2 rings (SSSR count). The molecule has 21 heavy (non-hydrogen) atoms. The maximum Gasteiger partial charge on any atom is 0.165 e. The lowest BCUT2D eigenvalue weighted by atomic mass is 10.0. The normalized spacial score (nSPS) is 10.8. The minimum Gasteiger partial charge on any atom is -0.496 e. The third kappa shape index (κ3) is 3.10. The van der Waals surface area contributed by atoms with Gasteiger partial charge in [-0.3, -0.25) is 0 Å². The van der Waals surface area contributed by atoms with Gasteiger partial charge >= 0.3 is 0 Å². The Morgan fingerprint density at radius 2 is 1.95 bits per heavy atom. The third-order valence-electron chi connectivity index (χ3n) is 3.35. The molecular weight excluding hydrogens is 286 g/mol. The third-order valence-corrected chi connectivity index (χ3v) is 3.59. The zero-order chi connectivity index (χ0) is 15.6. The average molecular weight is 306 g/mol. The van der Waals surface area contributed by atoms with Gasteiger partial charge in [-0.1, -0.05) is 25.4 Å². The summed E-state index contributed by atoms with van der Waals surface area (Å²) in [7, 11) is 3.49. The van der Waals surface area contributed by atoms with Gasteiger partial charge in [-0.05, 0) is 31.0 Å². The fraction of sp³-hybridized carbons (Fsp3) is 0.375. The van der Waals surface area contributed by atoms with Crippen molar-refractivity contribution in [2.45, 2.75) is 26.7 Å². The summed E-state index contributed by atoms with van der Waals surface area (Å²) in [5, 5.41) is 3.78. The highest BCUT2D eigenvalue weighted by atomic mass is 35.5. The van der Waals surface area contributed by atoms with Crippen LogP contribution in [0.3, 0.4) is 0 Å². The first-order valence-electron chi connectivity index (χ1n) is 6.88. The Kier molecular flexibility index (Phi) is 4.68. The second kappa shape index (κ2) is 6.31. The van der Waals surface area contributed by atoms with Gasteiger partial charge < -0.3 is 10.1 Å². The molecule has 0 fully saturated rings. The molecule has 0 aliphatic carbocycles. The van der Waals surface area contributed by atoms with Gasteiger partial charge in [-0.15, -0.1) is 0 Å². The standard InChI is InChI=1S/C16H20ClN3O/c1-9(2)14-10(3)19-15(20-16(14)18-4)12-7-6-11(17)8-13(12)21-5/h6-9H,1-5H3,(H,18,19,20). The fourth-order valence-electron chi connectivity index (χ4n) is 2.43. The van der Waals surface area contributed by atoms with E-state index in [0.29, 0.717) is 22.5 Å². The molecule has 0 aliphatic rings. The molecule has 5 heteroatoms. The molecule has 0 unspecified atom stereocenters. The number of halogens is 1. The van der Waals surface area contributed by atoms with E-state index < -0.39 is 0 Å². The highest BCUT2D eigenvalue weighted by Crippen LogP contribution is 2.33. The lowest BCUT2D eigenvalue weighted by Gasteiger charge is -2.16. The highest BCUT2D eigenvalue weighted by molar-refractivity contribution is 6.30. The van der Waals surface area contributed by atoms with Crippen LogP contribution in [0.1, 0.15) is 31.0 Å². The molecule has 0 atom stereocenters. The van der Waals surface area contributed by atoms with Gasteiger partial charge in [-0.25, -0.2) is 9.97 Å². The molecule has 0 amide bonds. The van der Waals surface area contributed by atoms with Crippen LogP contribution in [0.15, 0.2) is 18.2 Å². The van der Waals surface area contributed by atoms with Gasteiger partial charge in [0.25, 0.3) is 0 Å². The number of aromatic nitrogens is 2. The van der Waals surface area contributed by atoms with Gasteiger partial charge in [0.2, 0.25) is 0 Å². The smallest absolute Gasteiger partial charge is 0.165 e. The second-order valence-electron chi connectivity index (χ2n) is 5.14. The molecule has 0 radical (unpaired) electrons. The molecule has 0 saturated heterocycles. The van der Waals surface area contributed by atoms with Crippen molar-refractivity contribution in [3.63, 3.8) is 0 Å². The number of aryl methyl sites for hydroxylation is 1. The topological polar surface area (TPSA) is 47.0 Å². The van der Waals surface area contributed by atoms with Crippen molar-refractivity contribution in [1.29, 1.82) is 0 Å². The van der Waals surface area contributed by atoms with E-state index in [2.05, 4.69) is 29.1 Å². The Morgan fingerprint density at radius 3 is 2.52 bits per heavy atom. The van der Waals surface area contributed by atoms with Crippen LogP contribution in [0.5, 0.6) is 5.75 Å². The predicted molar refractivity (Wildman–Crippen MR) is 87.4 cm³/mol. The van der Waals surface area contributed by atoms with Crippen LogP contribution in [0.4, 0.5) is 5.82 Å². The Hall–Kier alpha value is -1.81. The van der Waals surface area contributed by atoms with Crippen molar-refractivity contribution in [3.8, 4) is 17.1 Å². The van der Waals surface area contributed by atoms with Crippen molar-refractivity contribution in [2.75, 3.05) is 19.5 Å². The van der Waals surface area contributed by atoms with Crippen LogP contribution in [-0.4, -0.2) is 24.1 Å². The number of ether oxygens (including phenoxy) is 1. The Balaban J connectivity index is 2.63. The Labute approximate surface area is 130 Å². The van der Waals surface area contributed by atoms with Crippen molar-refractivity contribution in [3.05, 3.63) is 34.5 Å². The number of rotatable bonds is 4. The number of hydrogen-bond acceptors (Lipinski definition) is 4. The summed E-state index contributed by atoms with van der Waals surface area (Å²) < 4.78 is 5.39. The average Bonchev–Trinajstić information content (AvgIpc) is 2.45. The Bertz CT molecular complexity index is 656. The van der Waals surface area contributed by atoms with Gasteiger partial charge in [0, 0.05) is 23.3 Å². The maximum atomic E-state index is 6.01. The van der Waals surface area contributed by atoms with Gasteiger partial charge in [0.05, 0.1) is 12.7 Å². The first-order valence-corrected chi connectivity index (χ1v) is 7.26.